The van der Waals surface area contributed by atoms with Crippen molar-refractivity contribution in [3.8, 4) is 0 Å². The molecule has 3 rings (SSSR count). The highest BCUT2D eigenvalue weighted by atomic mass is 32.2. The van der Waals surface area contributed by atoms with Gasteiger partial charge in [0.1, 0.15) is 0 Å². The first-order valence-corrected chi connectivity index (χ1v) is 11.4. The number of unbranched alkanes of at least 4 members (excludes halogenated alkanes) is 3. The number of nitrogens with zero attached hydrogens (tertiary/aromatic N) is 4. The lowest BCUT2D eigenvalue weighted by molar-refractivity contribution is -0.118. The number of carbonyl (C=O) groups is 1. The summed E-state index contributed by atoms with van der Waals surface area (Å²) in [5, 5.41) is 12.7. The van der Waals surface area contributed by atoms with Crippen molar-refractivity contribution in [2.75, 3.05) is 26.0 Å². The molecular weight excluding hydrogens is 402 g/mol. The number of aromatic nitrogens is 4. The van der Waals surface area contributed by atoms with E-state index < -0.39 is 0 Å². The van der Waals surface area contributed by atoms with Crippen LogP contribution in [0.5, 0.6) is 0 Å². The quantitative estimate of drug-likeness (QED) is 0.350. The molecule has 9 heteroatoms. The van der Waals surface area contributed by atoms with Gasteiger partial charge in [-0.05, 0) is 25.0 Å². The van der Waals surface area contributed by atoms with Crippen LogP contribution >= 0.6 is 11.8 Å². The third-order valence-electron chi connectivity index (χ3n) is 4.89. The average Bonchev–Trinajstić information content (AvgIpc) is 3.18. The summed E-state index contributed by atoms with van der Waals surface area (Å²) in [4.78, 5) is 25.2. The fourth-order valence-electron chi connectivity index (χ4n) is 3.36. The molecule has 0 radical (unpaired) electrons. The predicted octanol–water partition coefficient (Wildman–Crippen LogP) is 2.87. The van der Waals surface area contributed by atoms with Gasteiger partial charge >= 0.3 is 0 Å². The second-order valence-corrected chi connectivity index (χ2v) is 8.08. The van der Waals surface area contributed by atoms with Gasteiger partial charge in [-0.3, -0.25) is 18.6 Å². The largest absolute Gasteiger partial charge is 0.385 e. The average molecular weight is 432 g/mol. The van der Waals surface area contributed by atoms with Crippen molar-refractivity contribution in [2.45, 2.75) is 50.7 Å². The predicted molar refractivity (Wildman–Crippen MR) is 119 cm³/mol. The summed E-state index contributed by atoms with van der Waals surface area (Å²) in [7, 11) is 1.64. The Kier molecular flexibility index (Phi) is 8.27. The molecule has 0 saturated carbocycles. The van der Waals surface area contributed by atoms with E-state index in [1.807, 2.05) is 22.6 Å². The molecule has 2 aromatic heterocycles. The summed E-state index contributed by atoms with van der Waals surface area (Å²) >= 11 is 1.33. The molecule has 162 valence electrons. The summed E-state index contributed by atoms with van der Waals surface area (Å²) < 4.78 is 8.62. The van der Waals surface area contributed by atoms with E-state index in [0.717, 1.165) is 18.4 Å². The zero-order valence-corrected chi connectivity index (χ0v) is 18.4. The Labute approximate surface area is 180 Å². The van der Waals surface area contributed by atoms with Crippen LogP contribution in [0.25, 0.3) is 16.7 Å². The van der Waals surface area contributed by atoms with Gasteiger partial charge in [0.05, 0.1) is 16.7 Å². The van der Waals surface area contributed by atoms with Crippen LogP contribution in [0.4, 0.5) is 0 Å². The maximum atomic E-state index is 13.0. The van der Waals surface area contributed by atoms with E-state index in [1.54, 1.807) is 17.7 Å². The van der Waals surface area contributed by atoms with E-state index in [4.69, 9.17) is 4.74 Å². The van der Waals surface area contributed by atoms with E-state index in [-0.39, 0.29) is 17.2 Å². The van der Waals surface area contributed by atoms with Gasteiger partial charge in [-0.2, -0.15) is 0 Å². The van der Waals surface area contributed by atoms with Crippen molar-refractivity contribution >= 4 is 34.3 Å². The van der Waals surface area contributed by atoms with E-state index in [1.165, 1.54) is 24.6 Å². The number of para-hydroxylation sites is 1. The smallest absolute Gasteiger partial charge is 0.262 e. The fourth-order valence-corrected chi connectivity index (χ4v) is 4.13. The number of hydrogen-bond donors (Lipinski definition) is 1. The minimum absolute atomic E-state index is 0.0222. The van der Waals surface area contributed by atoms with Gasteiger partial charge in [-0.1, -0.05) is 50.1 Å². The monoisotopic (exact) mass is 431 g/mol. The third kappa shape index (κ3) is 5.20. The van der Waals surface area contributed by atoms with Crippen LogP contribution in [0.15, 0.2) is 34.2 Å². The zero-order valence-electron chi connectivity index (χ0n) is 17.6. The van der Waals surface area contributed by atoms with Crippen molar-refractivity contribution in [1.29, 1.82) is 0 Å². The van der Waals surface area contributed by atoms with Crippen LogP contribution in [0, 0.1) is 0 Å². The first-order chi connectivity index (χ1) is 14.7. The Morgan fingerprint density at radius 1 is 1.17 bits per heavy atom. The van der Waals surface area contributed by atoms with E-state index in [0.29, 0.717) is 42.4 Å². The summed E-state index contributed by atoms with van der Waals surface area (Å²) in [6, 6.07) is 7.41. The lowest BCUT2D eigenvalue weighted by Crippen LogP contribution is -2.26. The molecule has 1 aromatic carbocycles. The second kappa shape index (κ2) is 11.1. The van der Waals surface area contributed by atoms with Crippen molar-refractivity contribution in [3.05, 3.63) is 34.6 Å². The minimum atomic E-state index is -0.0945. The number of aryl methyl sites for hydroxylation is 1. The number of benzene rings is 1. The van der Waals surface area contributed by atoms with Gasteiger partial charge in [0, 0.05) is 26.8 Å². The number of rotatable bonds is 12. The SMILES string of the molecule is CCCCCCNC(=O)CSc1nnc2n(CCCOC)c(=O)c3ccccc3n12. The molecular formula is C21H29N5O3S. The number of ether oxygens (including phenoxy) is 1. The molecule has 1 amide bonds. The van der Waals surface area contributed by atoms with Crippen LogP contribution in [0.1, 0.15) is 39.0 Å². The number of nitrogens with one attached hydrogen (secondary N) is 1. The number of thioether (sulfide) groups is 1. The third-order valence-corrected chi connectivity index (χ3v) is 5.82. The topological polar surface area (TPSA) is 90.5 Å². The normalized spacial score (nSPS) is 11.4. The highest BCUT2D eigenvalue weighted by molar-refractivity contribution is 7.99. The van der Waals surface area contributed by atoms with Crippen molar-refractivity contribution in [2.24, 2.45) is 0 Å². The molecule has 0 fully saturated rings. The minimum Gasteiger partial charge on any atom is -0.385 e. The first-order valence-electron chi connectivity index (χ1n) is 10.4. The summed E-state index contributed by atoms with van der Waals surface area (Å²) in [5.41, 5.74) is 0.649. The molecule has 0 aliphatic carbocycles. The fraction of sp³-hybridized carbons (Fsp3) is 0.524. The van der Waals surface area contributed by atoms with Crippen molar-refractivity contribution in [3.63, 3.8) is 0 Å². The molecule has 0 bridgehead atoms. The van der Waals surface area contributed by atoms with E-state index in [2.05, 4.69) is 22.4 Å². The lowest BCUT2D eigenvalue weighted by atomic mass is 10.2. The van der Waals surface area contributed by atoms with Crippen LogP contribution in [0.2, 0.25) is 0 Å². The Balaban J connectivity index is 1.81. The molecule has 2 heterocycles. The number of amides is 1. The Morgan fingerprint density at radius 2 is 2.00 bits per heavy atom. The van der Waals surface area contributed by atoms with E-state index in [9.17, 15) is 9.59 Å². The standard InChI is InChI=1S/C21H29N5O3S/c1-3-4-5-8-12-22-18(27)15-30-21-24-23-20-25(13-9-14-29-2)19(28)16-10-6-7-11-17(16)26(20)21/h6-7,10-11H,3-5,8-9,12-15H2,1-2H3,(H,22,27). The molecule has 0 atom stereocenters. The molecule has 0 unspecified atom stereocenters. The molecule has 0 spiro atoms. The summed E-state index contributed by atoms with van der Waals surface area (Å²) in [6.07, 6.45) is 5.19. The number of carbonyl (C=O) groups excluding carboxylic acids is 1. The van der Waals surface area contributed by atoms with Gasteiger partial charge in [-0.25, -0.2) is 0 Å². The maximum absolute atomic E-state index is 13.0. The maximum Gasteiger partial charge on any atom is 0.262 e. The molecule has 30 heavy (non-hydrogen) atoms. The van der Waals surface area contributed by atoms with Gasteiger partial charge in [0.25, 0.3) is 5.56 Å². The highest BCUT2D eigenvalue weighted by Gasteiger charge is 2.17. The highest BCUT2D eigenvalue weighted by Crippen LogP contribution is 2.21. The summed E-state index contributed by atoms with van der Waals surface area (Å²) in [5.74, 6) is 0.717. The van der Waals surface area contributed by atoms with Crippen molar-refractivity contribution < 1.29 is 9.53 Å². The molecule has 0 aliphatic rings. The Hall–Kier alpha value is -2.39. The molecule has 3 aromatic rings. The number of hydrogen-bond acceptors (Lipinski definition) is 6. The first kappa shape index (κ1) is 22.3. The van der Waals surface area contributed by atoms with Gasteiger partial charge in [-0.15, -0.1) is 10.2 Å². The number of methoxy groups -OCH3 is 1. The summed E-state index contributed by atoms with van der Waals surface area (Å²) in [6.45, 7) is 3.91. The zero-order chi connectivity index (χ0) is 21.3. The number of fused-ring (bicyclic) bond motifs is 3. The van der Waals surface area contributed by atoms with E-state index >= 15 is 0 Å². The Bertz CT molecular complexity index is 1050. The lowest BCUT2D eigenvalue weighted by Gasteiger charge is -2.11. The molecule has 8 nitrogen and oxygen atoms in total. The van der Waals surface area contributed by atoms with Crippen molar-refractivity contribution in [1.82, 2.24) is 24.5 Å². The van der Waals surface area contributed by atoms with Crippen LogP contribution in [-0.2, 0) is 16.1 Å². The molecule has 0 aliphatic heterocycles. The van der Waals surface area contributed by atoms with Crippen LogP contribution in [-0.4, -0.2) is 51.1 Å². The van der Waals surface area contributed by atoms with Gasteiger partial charge in [0.2, 0.25) is 11.7 Å². The Morgan fingerprint density at radius 3 is 2.80 bits per heavy atom. The second-order valence-electron chi connectivity index (χ2n) is 7.14. The van der Waals surface area contributed by atoms with Gasteiger partial charge < -0.3 is 10.1 Å². The van der Waals surface area contributed by atoms with Crippen LogP contribution in [0.3, 0.4) is 0 Å². The van der Waals surface area contributed by atoms with Crippen LogP contribution < -0.4 is 10.9 Å². The van der Waals surface area contributed by atoms with Gasteiger partial charge in [0.15, 0.2) is 5.16 Å². The molecule has 0 saturated heterocycles. The molecule has 1 N–H and O–H groups in total.